The van der Waals surface area contributed by atoms with Gasteiger partial charge in [0.25, 0.3) is 0 Å². The van der Waals surface area contributed by atoms with E-state index in [0.717, 1.165) is 17.3 Å². The van der Waals surface area contributed by atoms with Crippen molar-refractivity contribution in [2.75, 3.05) is 0 Å². The summed E-state index contributed by atoms with van der Waals surface area (Å²) in [5, 5.41) is 4.16. The number of rotatable bonds is 6. The molecule has 0 bridgehead atoms. The van der Waals surface area contributed by atoms with Crippen LogP contribution in [0.3, 0.4) is 0 Å². The Morgan fingerprint density at radius 3 is 1.57 bits per heavy atom. The highest BCUT2D eigenvalue weighted by Crippen LogP contribution is 2.34. The molecule has 0 saturated heterocycles. The second kappa shape index (κ2) is 9.32. The molecule has 0 aliphatic heterocycles. The molecule has 0 unspecified atom stereocenters. The van der Waals surface area contributed by atoms with Crippen molar-refractivity contribution in [3.8, 4) is 0 Å². The lowest BCUT2D eigenvalue weighted by atomic mass is 10.0. The molecule has 0 atom stereocenters. The van der Waals surface area contributed by atoms with Crippen LogP contribution in [0.4, 0.5) is 0 Å². The monoisotopic (exact) mass is 444 g/mol. The van der Waals surface area contributed by atoms with Crippen LogP contribution in [-0.4, -0.2) is 0 Å². The minimum atomic E-state index is -0.573. The number of hydrogen-bond donors (Lipinski definition) is 0. The van der Waals surface area contributed by atoms with Crippen molar-refractivity contribution in [2.24, 2.45) is 0 Å². The molecule has 0 spiro atoms. The minimum absolute atomic E-state index is 0.573. The minimum Gasteiger partial charge on any atom is -0.0622 e. The van der Waals surface area contributed by atoms with Crippen LogP contribution in [-0.2, 0) is 12.8 Å². The highest BCUT2D eigenvalue weighted by Gasteiger charge is 2.17. The lowest BCUT2D eigenvalue weighted by Gasteiger charge is -2.20. The molecule has 0 aromatic heterocycles. The summed E-state index contributed by atoms with van der Waals surface area (Å²) in [5.41, 5.74) is 2.77. The molecule has 0 nitrogen and oxygen atoms in total. The summed E-state index contributed by atoms with van der Waals surface area (Å²) in [6.45, 7) is 0. The van der Waals surface area contributed by atoms with Crippen LogP contribution < -0.4 is 15.9 Å². The van der Waals surface area contributed by atoms with Crippen molar-refractivity contribution >= 4 is 39.8 Å². The predicted octanol–water partition coefficient (Wildman–Crippen LogP) is 5.99. The molecule has 0 N–H and O–H groups in total. The Bertz CT molecular complexity index is 974. The van der Waals surface area contributed by atoms with Gasteiger partial charge in [-0.25, -0.2) is 0 Å². The zero-order valence-electron chi connectivity index (χ0n) is 15.6. The second-order valence-corrected chi connectivity index (χ2v) is 9.95. The predicted molar refractivity (Wildman–Crippen MR) is 127 cm³/mol. The highest BCUT2D eigenvalue weighted by atomic mass is 79.9. The number of hydrogen-bond acceptors (Lipinski definition) is 0. The van der Waals surface area contributed by atoms with Crippen LogP contribution in [0, 0.1) is 0 Å². The van der Waals surface area contributed by atoms with E-state index in [0.29, 0.717) is 0 Å². The van der Waals surface area contributed by atoms with Crippen LogP contribution in [0.1, 0.15) is 11.1 Å². The number of aryl methyl sites for hydroxylation is 2. The SMILES string of the molecule is Brc1cc(CCc2ccccc2)cc(P(c2ccccc2)c2ccccc2)c1. The largest absolute Gasteiger partial charge is 0.0622 e. The van der Waals surface area contributed by atoms with Gasteiger partial charge in [0.05, 0.1) is 0 Å². The molecular formula is C26H22BrP. The fourth-order valence-corrected chi connectivity index (χ4v) is 6.56. The number of halogens is 1. The molecule has 0 heterocycles. The summed E-state index contributed by atoms with van der Waals surface area (Å²) in [6, 6.07) is 39.4. The maximum atomic E-state index is 3.76. The van der Waals surface area contributed by atoms with Gasteiger partial charge >= 0.3 is 0 Å². The van der Waals surface area contributed by atoms with Crippen LogP contribution >= 0.6 is 23.9 Å². The quantitative estimate of drug-likeness (QED) is 0.320. The molecular weight excluding hydrogens is 423 g/mol. The third-order valence-corrected chi connectivity index (χ3v) is 7.64. The van der Waals surface area contributed by atoms with Gasteiger partial charge in [-0.05, 0) is 59.9 Å². The Balaban J connectivity index is 1.69. The average molecular weight is 445 g/mol. The van der Waals surface area contributed by atoms with Crippen LogP contribution in [0.25, 0.3) is 0 Å². The summed E-state index contributed by atoms with van der Waals surface area (Å²) in [6.07, 6.45) is 2.11. The van der Waals surface area contributed by atoms with E-state index in [9.17, 15) is 0 Å². The maximum absolute atomic E-state index is 3.76. The van der Waals surface area contributed by atoms with Gasteiger partial charge in [-0.2, -0.15) is 0 Å². The zero-order valence-corrected chi connectivity index (χ0v) is 18.1. The van der Waals surface area contributed by atoms with Crippen molar-refractivity contribution in [3.63, 3.8) is 0 Å². The molecule has 0 fully saturated rings. The molecule has 28 heavy (non-hydrogen) atoms. The molecule has 4 rings (SSSR count). The Hall–Kier alpha value is -2.21. The summed E-state index contributed by atoms with van der Waals surface area (Å²) < 4.78 is 1.16. The van der Waals surface area contributed by atoms with Gasteiger partial charge in [0.15, 0.2) is 0 Å². The van der Waals surface area contributed by atoms with Crippen molar-refractivity contribution in [1.82, 2.24) is 0 Å². The van der Waals surface area contributed by atoms with Gasteiger partial charge in [-0.1, -0.05) is 113 Å². The van der Waals surface area contributed by atoms with Crippen molar-refractivity contribution in [2.45, 2.75) is 12.8 Å². The first-order chi connectivity index (χ1) is 13.8. The van der Waals surface area contributed by atoms with E-state index in [1.54, 1.807) is 0 Å². The van der Waals surface area contributed by atoms with E-state index in [-0.39, 0.29) is 0 Å². The Morgan fingerprint density at radius 2 is 1.00 bits per heavy atom. The highest BCUT2D eigenvalue weighted by molar-refractivity contribution is 9.10. The molecule has 0 aliphatic carbocycles. The molecule has 0 radical (unpaired) electrons. The van der Waals surface area contributed by atoms with Crippen LogP contribution in [0.15, 0.2) is 114 Å². The fraction of sp³-hybridized carbons (Fsp3) is 0.0769. The van der Waals surface area contributed by atoms with Crippen LogP contribution in [0.5, 0.6) is 0 Å². The lowest BCUT2D eigenvalue weighted by Crippen LogP contribution is -2.21. The first-order valence-corrected chi connectivity index (χ1v) is 11.7. The van der Waals surface area contributed by atoms with Gasteiger partial charge in [-0.3, -0.25) is 0 Å². The van der Waals surface area contributed by atoms with E-state index >= 15 is 0 Å². The maximum Gasteiger partial charge on any atom is 0.0184 e. The van der Waals surface area contributed by atoms with Crippen molar-refractivity contribution in [1.29, 1.82) is 0 Å². The molecule has 2 heteroatoms. The van der Waals surface area contributed by atoms with Crippen LogP contribution in [0.2, 0.25) is 0 Å². The van der Waals surface area contributed by atoms with Crippen molar-refractivity contribution < 1.29 is 0 Å². The molecule has 4 aromatic carbocycles. The fourth-order valence-electron chi connectivity index (χ4n) is 3.44. The second-order valence-electron chi connectivity index (χ2n) is 6.81. The smallest absolute Gasteiger partial charge is 0.0184 e. The van der Waals surface area contributed by atoms with Gasteiger partial charge in [0, 0.05) is 4.47 Å². The topological polar surface area (TPSA) is 0 Å². The molecule has 0 amide bonds. The van der Waals surface area contributed by atoms with E-state index in [4.69, 9.17) is 0 Å². The first kappa shape index (κ1) is 19.1. The van der Waals surface area contributed by atoms with Gasteiger partial charge < -0.3 is 0 Å². The first-order valence-electron chi connectivity index (χ1n) is 9.53. The zero-order chi connectivity index (χ0) is 19.2. The normalized spacial score (nSPS) is 10.9. The Kier molecular flexibility index (Phi) is 6.37. The summed E-state index contributed by atoms with van der Waals surface area (Å²) in [4.78, 5) is 0. The van der Waals surface area contributed by atoms with E-state index in [2.05, 4.69) is 125 Å². The molecule has 4 aromatic rings. The van der Waals surface area contributed by atoms with E-state index in [1.807, 2.05) is 0 Å². The Morgan fingerprint density at radius 1 is 0.500 bits per heavy atom. The standard InChI is InChI=1S/C26H22BrP/c27-23-18-22(17-16-21-10-4-1-5-11-21)19-26(20-23)28(24-12-6-2-7-13-24)25-14-8-3-9-15-25/h1-15,18-20H,16-17H2. The van der Waals surface area contributed by atoms with Crippen molar-refractivity contribution in [3.05, 3.63) is 125 Å². The summed E-state index contributed by atoms with van der Waals surface area (Å²) >= 11 is 3.76. The molecule has 0 aliphatic rings. The third kappa shape index (κ3) is 4.79. The van der Waals surface area contributed by atoms with Gasteiger partial charge in [0.2, 0.25) is 0 Å². The summed E-state index contributed by atoms with van der Waals surface area (Å²) in [7, 11) is -0.573. The Labute approximate surface area is 177 Å². The number of benzene rings is 4. The third-order valence-electron chi connectivity index (χ3n) is 4.77. The van der Waals surface area contributed by atoms with Gasteiger partial charge in [-0.15, -0.1) is 0 Å². The van der Waals surface area contributed by atoms with Gasteiger partial charge in [0.1, 0.15) is 0 Å². The van der Waals surface area contributed by atoms with E-state index < -0.39 is 7.92 Å². The molecule has 138 valence electrons. The molecule has 0 saturated carbocycles. The lowest BCUT2D eigenvalue weighted by molar-refractivity contribution is 0.960. The van der Waals surface area contributed by atoms with E-state index in [1.165, 1.54) is 27.0 Å². The summed E-state index contributed by atoms with van der Waals surface area (Å²) in [5.74, 6) is 0. The average Bonchev–Trinajstić information content (AvgIpc) is 2.74.